The van der Waals surface area contributed by atoms with Crippen LogP contribution in [0.5, 0.6) is 0 Å². The van der Waals surface area contributed by atoms with Gasteiger partial charge in [0.1, 0.15) is 5.82 Å². The van der Waals surface area contributed by atoms with Crippen molar-refractivity contribution in [3.05, 3.63) is 18.2 Å². The van der Waals surface area contributed by atoms with E-state index in [9.17, 15) is 0 Å². The molecular weight excluding hydrogens is 210 g/mol. The van der Waals surface area contributed by atoms with Crippen LogP contribution in [0.25, 0.3) is 0 Å². The zero-order valence-electron chi connectivity index (χ0n) is 11.0. The molecule has 1 fully saturated rings. The van der Waals surface area contributed by atoms with Crippen LogP contribution in [0.15, 0.2) is 12.4 Å². The number of nitrogens with one attached hydrogen (secondary N) is 1. The smallest absolute Gasteiger partial charge is 0.122 e. The molecule has 1 saturated carbocycles. The largest absolute Gasteiger partial charge is 0.334 e. The third-order valence-corrected chi connectivity index (χ3v) is 3.71. The van der Waals surface area contributed by atoms with E-state index in [0.717, 1.165) is 19.0 Å². The molecule has 0 aliphatic heterocycles. The number of aromatic nitrogens is 2. The van der Waals surface area contributed by atoms with Crippen LogP contribution in [-0.2, 0) is 13.1 Å². The summed E-state index contributed by atoms with van der Waals surface area (Å²) in [6.07, 6.45) is 12.3. The lowest BCUT2D eigenvalue weighted by Crippen LogP contribution is -2.25. The minimum atomic E-state index is 0.901. The Labute approximate surface area is 105 Å². The van der Waals surface area contributed by atoms with Gasteiger partial charge in [-0.25, -0.2) is 4.98 Å². The second-order valence-electron chi connectivity index (χ2n) is 5.17. The highest BCUT2D eigenvalue weighted by Gasteiger charge is 2.12. The van der Waals surface area contributed by atoms with E-state index in [-0.39, 0.29) is 0 Å². The summed E-state index contributed by atoms with van der Waals surface area (Å²) in [7, 11) is 0. The van der Waals surface area contributed by atoms with Crippen LogP contribution in [0.1, 0.15) is 51.3 Å². The minimum Gasteiger partial charge on any atom is -0.334 e. The predicted octanol–water partition coefficient (Wildman–Crippen LogP) is 2.96. The van der Waals surface area contributed by atoms with Crippen LogP contribution in [0, 0.1) is 5.92 Å². The molecule has 0 amide bonds. The highest BCUT2D eigenvalue weighted by Crippen LogP contribution is 2.22. The Hall–Kier alpha value is -0.830. The molecule has 1 aliphatic carbocycles. The summed E-state index contributed by atoms with van der Waals surface area (Å²) < 4.78 is 2.26. The molecule has 1 aliphatic rings. The lowest BCUT2D eigenvalue weighted by atomic mass is 9.89. The molecule has 2 rings (SSSR count). The molecule has 0 spiro atoms. The highest BCUT2D eigenvalue weighted by molar-refractivity contribution is 4.91. The molecule has 0 saturated heterocycles. The van der Waals surface area contributed by atoms with E-state index >= 15 is 0 Å². The number of rotatable bonds is 6. The van der Waals surface area contributed by atoms with Crippen LogP contribution in [-0.4, -0.2) is 16.1 Å². The summed E-state index contributed by atoms with van der Waals surface area (Å²) in [6, 6.07) is 0. The minimum absolute atomic E-state index is 0.901. The third-order valence-electron chi connectivity index (χ3n) is 3.71. The van der Waals surface area contributed by atoms with Gasteiger partial charge in [-0.3, -0.25) is 0 Å². The first-order valence-electron chi connectivity index (χ1n) is 7.11. The SMILES string of the molecule is CCCn1ccnc1CNCC1CCCCC1. The Morgan fingerprint density at radius 2 is 2.18 bits per heavy atom. The van der Waals surface area contributed by atoms with Crippen LogP contribution in [0.4, 0.5) is 0 Å². The zero-order chi connectivity index (χ0) is 11.9. The van der Waals surface area contributed by atoms with E-state index in [1.54, 1.807) is 0 Å². The first-order chi connectivity index (χ1) is 8.40. The molecular formula is C14H25N3. The molecule has 0 bridgehead atoms. The molecule has 17 heavy (non-hydrogen) atoms. The van der Waals surface area contributed by atoms with Crippen molar-refractivity contribution >= 4 is 0 Å². The summed E-state index contributed by atoms with van der Waals surface area (Å²) in [6.45, 7) is 5.38. The summed E-state index contributed by atoms with van der Waals surface area (Å²) in [5.41, 5.74) is 0. The van der Waals surface area contributed by atoms with Gasteiger partial charge in [0, 0.05) is 18.9 Å². The van der Waals surface area contributed by atoms with Gasteiger partial charge in [-0.1, -0.05) is 26.2 Å². The quantitative estimate of drug-likeness (QED) is 0.821. The Bertz CT molecular complexity index is 313. The molecule has 1 aromatic rings. The second kappa shape index (κ2) is 6.80. The average Bonchev–Trinajstić information content (AvgIpc) is 2.79. The van der Waals surface area contributed by atoms with E-state index in [2.05, 4.69) is 28.0 Å². The summed E-state index contributed by atoms with van der Waals surface area (Å²) in [5.74, 6) is 2.08. The Morgan fingerprint density at radius 3 is 2.94 bits per heavy atom. The van der Waals surface area contributed by atoms with Gasteiger partial charge in [-0.15, -0.1) is 0 Å². The van der Waals surface area contributed by atoms with Gasteiger partial charge in [0.05, 0.1) is 6.54 Å². The van der Waals surface area contributed by atoms with Crippen molar-refractivity contribution in [2.45, 2.75) is 58.5 Å². The van der Waals surface area contributed by atoms with Gasteiger partial charge in [-0.2, -0.15) is 0 Å². The van der Waals surface area contributed by atoms with E-state index in [1.165, 1.54) is 50.9 Å². The van der Waals surface area contributed by atoms with Crippen LogP contribution < -0.4 is 5.32 Å². The molecule has 3 nitrogen and oxygen atoms in total. The topological polar surface area (TPSA) is 29.9 Å². The van der Waals surface area contributed by atoms with Gasteiger partial charge in [0.25, 0.3) is 0 Å². The molecule has 0 radical (unpaired) electrons. The third kappa shape index (κ3) is 3.84. The molecule has 1 N–H and O–H groups in total. The molecule has 0 aromatic carbocycles. The second-order valence-corrected chi connectivity index (χ2v) is 5.17. The van der Waals surface area contributed by atoms with E-state index in [4.69, 9.17) is 0 Å². The van der Waals surface area contributed by atoms with E-state index in [0.29, 0.717) is 0 Å². The monoisotopic (exact) mass is 235 g/mol. The molecule has 0 atom stereocenters. The van der Waals surface area contributed by atoms with Gasteiger partial charge in [0.15, 0.2) is 0 Å². The fourth-order valence-corrected chi connectivity index (χ4v) is 2.73. The Morgan fingerprint density at radius 1 is 1.35 bits per heavy atom. The number of hydrogen-bond acceptors (Lipinski definition) is 2. The van der Waals surface area contributed by atoms with Gasteiger partial charge in [0.2, 0.25) is 0 Å². The normalized spacial score (nSPS) is 17.5. The molecule has 0 unspecified atom stereocenters. The Kier molecular flexibility index (Phi) is 5.05. The van der Waals surface area contributed by atoms with Crippen LogP contribution >= 0.6 is 0 Å². The van der Waals surface area contributed by atoms with Crippen molar-refractivity contribution in [1.29, 1.82) is 0 Å². The van der Waals surface area contributed by atoms with Gasteiger partial charge >= 0.3 is 0 Å². The maximum atomic E-state index is 4.42. The number of nitrogens with zero attached hydrogens (tertiary/aromatic N) is 2. The van der Waals surface area contributed by atoms with Crippen molar-refractivity contribution in [3.63, 3.8) is 0 Å². The van der Waals surface area contributed by atoms with Crippen molar-refractivity contribution in [2.75, 3.05) is 6.54 Å². The fourth-order valence-electron chi connectivity index (χ4n) is 2.73. The lowest BCUT2D eigenvalue weighted by molar-refractivity contribution is 0.340. The van der Waals surface area contributed by atoms with Crippen LogP contribution in [0.3, 0.4) is 0 Å². The van der Waals surface area contributed by atoms with Crippen molar-refractivity contribution in [1.82, 2.24) is 14.9 Å². The molecule has 1 heterocycles. The predicted molar refractivity (Wildman–Crippen MR) is 70.8 cm³/mol. The zero-order valence-corrected chi connectivity index (χ0v) is 11.0. The molecule has 96 valence electrons. The maximum Gasteiger partial charge on any atom is 0.122 e. The van der Waals surface area contributed by atoms with Crippen molar-refractivity contribution in [2.24, 2.45) is 5.92 Å². The Balaban J connectivity index is 1.71. The summed E-state index contributed by atoms with van der Waals surface area (Å²) in [4.78, 5) is 4.42. The molecule has 1 aromatic heterocycles. The number of hydrogen-bond donors (Lipinski definition) is 1. The maximum absolute atomic E-state index is 4.42. The summed E-state index contributed by atoms with van der Waals surface area (Å²) >= 11 is 0. The highest BCUT2D eigenvalue weighted by atomic mass is 15.1. The van der Waals surface area contributed by atoms with Crippen molar-refractivity contribution < 1.29 is 0 Å². The van der Waals surface area contributed by atoms with Gasteiger partial charge in [-0.05, 0) is 31.7 Å². The fraction of sp³-hybridized carbons (Fsp3) is 0.786. The average molecular weight is 235 g/mol. The first kappa shape index (κ1) is 12.6. The van der Waals surface area contributed by atoms with Crippen LogP contribution in [0.2, 0.25) is 0 Å². The van der Waals surface area contributed by atoms with E-state index < -0.39 is 0 Å². The standard InChI is InChI=1S/C14H25N3/c1-2-9-17-10-8-16-14(17)12-15-11-13-6-4-3-5-7-13/h8,10,13,15H,2-7,9,11-12H2,1H3. The molecule has 3 heteroatoms. The van der Waals surface area contributed by atoms with Gasteiger partial charge < -0.3 is 9.88 Å². The first-order valence-corrected chi connectivity index (χ1v) is 7.11. The number of imidazole rings is 1. The number of aryl methyl sites for hydroxylation is 1. The van der Waals surface area contributed by atoms with E-state index in [1.807, 2.05) is 6.20 Å². The van der Waals surface area contributed by atoms with Crippen molar-refractivity contribution in [3.8, 4) is 0 Å². The summed E-state index contributed by atoms with van der Waals surface area (Å²) in [5, 5.41) is 3.57. The lowest BCUT2D eigenvalue weighted by Gasteiger charge is -2.21.